The summed E-state index contributed by atoms with van der Waals surface area (Å²) in [6.45, 7) is 13.7. The molecule has 0 N–H and O–H groups in total. The summed E-state index contributed by atoms with van der Waals surface area (Å²) in [4.78, 5) is 0. The summed E-state index contributed by atoms with van der Waals surface area (Å²) >= 11 is 0. The fourth-order valence-corrected chi connectivity index (χ4v) is 3.43. The van der Waals surface area contributed by atoms with Gasteiger partial charge in [-0.1, -0.05) is 60.4 Å². The zero-order valence-corrected chi connectivity index (χ0v) is 15.1. The predicted octanol–water partition coefficient (Wildman–Crippen LogP) is 7.15. The zero-order chi connectivity index (χ0) is 15.9. The van der Waals surface area contributed by atoms with E-state index in [0.717, 1.165) is 6.42 Å². The molecule has 0 fully saturated rings. The van der Waals surface area contributed by atoms with Gasteiger partial charge < -0.3 is 0 Å². The molecule has 1 aliphatic carbocycles. The van der Waals surface area contributed by atoms with Crippen molar-refractivity contribution in [3.8, 4) is 0 Å². The summed E-state index contributed by atoms with van der Waals surface area (Å²) in [5.74, 6) is 0. The average molecular weight is 287 g/mol. The van der Waals surface area contributed by atoms with Crippen LogP contribution >= 0.6 is 0 Å². The lowest BCUT2D eigenvalue weighted by Gasteiger charge is -2.34. The van der Waals surface area contributed by atoms with Gasteiger partial charge in [0, 0.05) is 0 Å². The van der Waals surface area contributed by atoms with E-state index in [-0.39, 0.29) is 0 Å². The van der Waals surface area contributed by atoms with Crippen LogP contribution in [0.2, 0.25) is 0 Å². The van der Waals surface area contributed by atoms with Crippen molar-refractivity contribution in [2.24, 2.45) is 5.41 Å². The van der Waals surface area contributed by atoms with Crippen molar-refractivity contribution in [1.29, 1.82) is 0 Å². The summed E-state index contributed by atoms with van der Waals surface area (Å²) in [6, 6.07) is 0. The Labute approximate surface area is 132 Å². The zero-order valence-electron chi connectivity index (χ0n) is 15.1. The molecule has 118 valence electrons. The Bertz CT molecular complexity index is 452. The first kappa shape index (κ1) is 18.0. The van der Waals surface area contributed by atoms with Crippen LogP contribution in [0.4, 0.5) is 0 Å². The third kappa shape index (κ3) is 6.08. The van der Waals surface area contributed by atoms with Crippen molar-refractivity contribution >= 4 is 0 Å². The second-order valence-electron chi connectivity index (χ2n) is 7.23. The van der Waals surface area contributed by atoms with Gasteiger partial charge in [0.25, 0.3) is 0 Å². The predicted molar refractivity (Wildman–Crippen MR) is 96.5 cm³/mol. The Morgan fingerprint density at radius 1 is 1.19 bits per heavy atom. The van der Waals surface area contributed by atoms with Crippen LogP contribution in [0, 0.1) is 5.41 Å². The minimum absolute atomic E-state index is 0.422. The van der Waals surface area contributed by atoms with Gasteiger partial charge in [0.05, 0.1) is 0 Å². The van der Waals surface area contributed by atoms with Gasteiger partial charge in [-0.15, -0.1) is 0 Å². The molecule has 0 atom stereocenters. The SMILES string of the molecule is C/C=C\C(C)=C\C/C=C(\C)CCC1=C(C)CCCC1(C)C. The average Bonchev–Trinajstić information content (AvgIpc) is 2.37. The van der Waals surface area contributed by atoms with Crippen molar-refractivity contribution < 1.29 is 0 Å². The molecule has 0 saturated carbocycles. The molecular weight excluding hydrogens is 252 g/mol. The number of allylic oxidation sites excluding steroid dienone is 8. The Morgan fingerprint density at radius 3 is 2.52 bits per heavy atom. The van der Waals surface area contributed by atoms with E-state index in [1.165, 1.54) is 43.3 Å². The highest BCUT2D eigenvalue weighted by molar-refractivity contribution is 5.24. The highest BCUT2D eigenvalue weighted by Gasteiger charge is 2.27. The van der Waals surface area contributed by atoms with Crippen LogP contribution in [-0.4, -0.2) is 0 Å². The van der Waals surface area contributed by atoms with Gasteiger partial charge in [-0.25, -0.2) is 0 Å². The summed E-state index contributed by atoms with van der Waals surface area (Å²) in [6.07, 6.45) is 16.5. The number of hydrogen-bond acceptors (Lipinski definition) is 0. The van der Waals surface area contributed by atoms with Crippen LogP contribution in [0.15, 0.2) is 46.6 Å². The molecule has 0 nitrogen and oxygen atoms in total. The molecule has 21 heavy (non-hydrogen) atoms. The van der Waals surface area contributed by atoms with E-state index < -0.39 is 0 Å². The second kappa shape index (κ2) is 8.41. The monoisotopic (exact) mass is 286 g/mol. The number of rotatable bonds is 6. The maximum atomic E-state index is 2.42. The molecule has 0 aromatic rings. The van der Waals surface area contributed by atoms with Gasteiger partial charge in [-0.2, -0.15) is 0 Å². The number of hydrogen-bond donors (Lipinski definition) is 0. The van der Waals surface area contributed by atoms with E-state index >= 15 is 0 Å². The largest absolute Gasteiger partial charge is 0.0874 e. The second-order valence-corrected chi connectivity index (χ2v) is 7.23. The topological polar surface area (TPSA) is 0 Å². The Balaban J connectivity index is 2.56. The van der Waals surface area contributed by atoms with Gasteiger partial charge in [0.1, 0.15) is 0 Å². The van der Waals surface area contributed by atoms with E-state index in [1.54, 1.807) is 11.1 Å². The molecule has 0 aliphatic heterocycles. The normalized spacial score (nSPS) is 20.5. The highest BCUT2D eigenvalue weighted by atomic mass is 14.3. The van der Waals surface area contributed by atoms with Gasteiger partial charge in [-0.05, 0) is 71.6 Å². The van der Waals surface area contributed by atoms with E-state index in [0.29, 0.717) is 5.41 Å². The lowest BCUT2D eigenvalue weighted by atomic mass is 9.71. The van der Waals surface area contributed by atoms with Gasteiger partial charge in [-0.3, -0.25) is 0 Å². The van der Waals surface area contributed by atoms with Crippen LogP contribution in [-0.2, 0) is 0 Å². The molecular formula is C21H34. The minimum Gasteiger partial charge on any atom is -0.0874 e. The van der Waals surface area contributed by atoms with Crippen molar-refractivity contribution in [3.05, 3.63) is 46.6 Å². The van der Waals surface area contributed by atoms with E-state index in [1.807, 2.05) is 0 Å². The third-order valence-electron chi connectivity index (χ3n) is 4.79. The third-order valence-corrected chi connectivity index (χ3v) is 4.79. The summed E-state index contributed by atoms with van der Waals surface area (Å²) in [5.41, 5.74) is 6.69. The fourth-order valence-electron chi connectivity index (χ4n) is 3.43. The van der Waals surface area contributed by atoms with E-state index in [4.69, 9.17) is 0 Å². The lowest BCUT2D eigenvalue weighted by Crippen LogP contribution is -2.20. The molecule has 1 rings (SSSR count). The van der Waals surface area contributed by atoms with Crippen molar-refractivity contribution in [3.63, 3.8) is 0 Å². The van der Waals surface area contributed by atoms with Crippen molar-refractivity contribution in [2.45, 2.75) is 80.1 Å². The summed E-state index contributed by atoms with van der Waals surface area (Å²) < 4.78 is 0. The highest BCUT2D eigenvalue weighted by Crippen LogP contribution is 2.42. The van der Waals surface area contributed by atoms with Crippen molar-refractivity contribution in [2.75, 3.05) is 0 Å². The van der Waals surface area contributed by atoms with E-state index in [2.05, 4.69) is 65.8 Å². The molecule has 0 bridgehead atoms. The van der Waals surface area contributed by atoms with Crippen LogP contribution in [0.3, 0.4) is 0 Å². The molecule has 0 aromatic carbocycles. The first-order valence-electron chi connectivity index (χ1n) is 8.51. The standard InChI is InChI=1S/C21H34/c1-7-10-17(2)11-8-12-18(3)14-15-20-19(4)13-9-16-21(20,5)6/h7,10-12H,8-9,13-16H2,1-6H3/b10-7-,17-11+,18-12+. The molecule has 0 saturated heterocycles. The van der Waals surface area contributed by atoms with Gasteiger partial charge in [0.15, 0.2) is 0 Å². The molecule has 0 unspecified atom stereocenters. The maximum Gasteiger partial charge on any atom is -0.0142 e. The van der Waals surface area contributed by atoms with Crippen LogP contribution < -0.4 is 0 Å². The first-order valence-corrected chi connectivity index (χ1v) is 8.51. The molecule has 0 amide bonds. The smallest absolute Gasteiger partial charge is 0.0142 e. The Kier molecular flexibility index (Phi) is 7.22. The molecule has 0 heteroatoms. The maximum absolute atomic E-state index is 2.42. The van der Waals surface area contributed by atoms with Gasteiger partial charge in [0.2, 0.25) is 0 Å². The molecule has 1 aliphatic rings. The fraction of sp³-hybridized carbons (Fsp3) is 0.619. The molecule has 0 heterocycles. The first-order chi connectivity index (χ1) is 9.86. The molecule has 0 spiro atoms. The molecule has 0 radical (unpaired) electrons. The molecule has 0 aromatic heterocycles. The van der Waals surface area contributed by atoms with Crippen molar-refractivity contribution in [1.82, 2.24) is 0 Å². The summed E-state index contributed by atoms with van der Waals surface area (Å²) in [5, 5.41) is 0. The van der Waals surface area contributed by atoms with E-state index in [9.17, 15) is 0 Å². The lowest BCUT2D eigenvalue weighted by molar-refractivity contribution is 0.354. The minimum atomic E-state index is 0.422. The Hall–Kier alpha value is -1.04. The van der Waals surface area contributed by atoms with Crippen LogP contribution in [0.5, 0.6) is 0 Å². The quantitative estimate of drug-likeness (QED) is 0.359. The van der Waals surface area contributed by atoms with Crippen LogP contribution in [0.25, 0.3) is 0 Å². The van der Waals surface area contributed by atoms with Gasteiger partial charge >= 0.3 is 0 Å². The summed E-state index contributed by atoms with van der Waals surface area (Å²) in [7, 11) is 0. The van der Waals surface area contributed by atoms with Crippen LogP contribution in [0.1, 0.15) is 80.1 Å². The Morgan fingerprint density at radius 2 is 1.90 bits per heavy atom.